The zero-order chi connectivity index (χ0) is 26.3. The summed E-state index contributed by atoms with van der Waals surface area (Å²) >= 11 is 0. The van der Waals surface area contributed by atoms with E-state index in [0.29, 0.717) is 46.1 Å². The van der Waals surface area contributed by atoms with E-state index in [2.05, 4.69) is 14.8 Å². The normalized spacial score (nSPS) is 12.1. The van der Waals surface area contributed by atoms with E-state index >= 15 is 0 Å². The lowest BCUT2D eigenvalue weighted by Crippen LogP contribution is -2.15. The van der Waals surface area contributed by atoms with Crippen LogP contribution in [0.1, 0.15) is 33.4 Å². The number of nitrogens with zero attached hydrogens (tertiary/aromatic N) is 3. The third kappa shape index (κ3) is 4.78. The lowest BCUT2D eigenvalue weighted by atomic mass is 9.91. The smallest absolute Gasteiger partial charge is 0.277 e. The summed E-state index contributed by atoms with van der Waals surface area (Å²) in [5.41, 5.74) is 1.43. The lowest BCUT2D eigenvalue weighted by Gasteiger charge is -2.16. The Kier molecular flexibility index (Phi) is 6.52. The topological polar surface area (TPSA) is 128 Å². The first-order chi connectivity index (χ1) is 16.9. The first kappa shape index (κ1) is 25.2. The SMILES string of the molecule is CCOc1ccc(S(=O)(=O)Nc2ccc(OC)cc2)cc1-c1nc2c(C(C)(C)C)nn(C)c2c(=O)[nH]1. The van der Waals surface area contributed by atoms with Crippen molar-refractivity contribution < 1.29 is 17.9 Å². The fraction of sp³-hybridized carbons (Fsp3) is 0.320. The van der Waals surface area contributed by atoms with Crippen molar-refractivity contribution in [1.29, 1.82) is 0 Å². The van der Waals surface area contributed by atoms with Crippen molar-refractivity contribution in [2.45, 2.75) is 38.0 Å². The molecule has 0 radical (unpaired) electrons. The molecule has 190 valence electrons. The Hall–Kier alpha value is -3.86. The van der Waals surface area contributed by atoms with Gasteiger partial charge in [-0.05, 0) is 49.4 Å². The second-order valence-corrected chi connectivity index (χ2v) is 10.9. The van der Waals surface area contributed by atoms with Gasteiger partial charge in [0, 0.05) is 18.2 Å². The van der Waals surface area contributed by atoms with Crippen LogP contribution < -0.4 is 19.8 Å². The molecule has 0 aliphatic carbocycles. The molecule has 10 nitrogen and oxygen atoms in total. The molecule has 11 heteroatoms. The van der Waals surface area contributed by atoms with Crippen LogP contribution in [0, 0.1) is 0 Å². The molecule has 0 atom stereocenters. The maximum atomic E-state index is 13.2. The van der Waals surface area contributed by atoms with Crippen LogP contribution in [-0.2, 0) is 22.5 Å². The number of hydrogen-bond acceptors (Lipinski definition) is 7. The van der Waals surface area contributed by atoms with Crippen molar-refractivity contribution in [2.75, 3.05) is 18.4 Å². The summed E-state index contributed by atoms with van der Waals surface area (Å²) in [6, 6.07) is 11.0. The number of ether oxygens (including phenoxy) is 2. The van der Waals surface area contributed by atoms with Crippen molar-refractivity contribution in [1.82, 2.24) is 19.7 Å². The van der Waals surface area contributed by atoms with Gasteiger partial charge in [0.15, 0.2) is 5.52 Å². The molecule has 4 aromatic rings. The highest BCUT2D eigenvalue weighted by atomic mass is 32.2. The molecular weight excluding hydrogens is 482 g/mol. The molecule has 0 saturated heterocycles. The van der Waals surface area contributed by atoms with Gasteiger partial charge in [0.1, 0.15) is 22.8 Å². The zero-order valence-electron chi connectivity index (χ0n) is 21.0. The van der Waals surface area contributed by atoms with E-state index in [1.807, 2.05) is 27.7 Å². The molecule has 2 N–H and O–H groups in total. The summed E-state index contributed by atoms with van der Waals surface area (Å²) in [5.74, 6) is 1.19. The van der Waals surface area contributed by atoms with E-state index in [1.165, 1.54) is 23.9 Å². The fourth-order valence-electron chi connectivity index (χ4n) is 3.83. The first-order valence-electron chi connectivity index (χ1n) is 11.4. The highest BCUT2D eigenvalue weighted by molar-refractivity contribution is 7.92. The van der Waals surface area contributed by atoms with Gasteiger partial charge in [-0.3, -0.25) is 14.2 Å². The highest BCUT2D eigenvalue weighted by Gasteiger charge is 2.26. The summed E-state index contributed by atoms with van der Waals surface area (Å²) in [6.45, 7) is 8.12. The van der Waals surface area contributed by atoms with Crippen LogP contribution in [0.25, 0.3) is 22.4 Å². The molecule has 0 amide bonds. The third-order valence-electron chi connectivity index (χ3n) is 5.56. The molecule has 2 heterocycles. The van der Waals surface area contributed by atoms with Crippen LogP contribution in [-0.4, -0.2) is 41.9 Å². The molecular formula is C25H29N5O5S. The van der Waals surface area contributed by atoms with Crippen molar-refractivity contribution in [3.05, 3.63) is 58.5 Å². The number of H-pyrrole nitrogens is 1. The Morgan fingerprint density at radius 3 is 2.42 bits per heavy atom. The first-order valence-corrected chi connectivity index (χ1v) is 12.8. The average Bonchev–Trinajstić information content (AvgIpc) is 3.17. The molecule has 0 saturated carbocycles. The van der Waals surface area contributed by atoms with Crippen LogP contribution in [0.3, 0.4) is 0 Å². The largest absolute Gasteiger partial charge is 0.497 e. The minimum atomic E-state index is -3.96. The number of rotatable bonds is 7. The van der Waals surface area contributed by atoms with E-state index in [1.54, 1.807) is 37.4 Å². The number of sulfonamides is 1. The number of fused-ring (bicyclic) bond motifs is 1. The molecule has 0 spiro atoms. The molecule has 4 rings (SSSR count). The molecule has 0 aliphatic rings. The summed E-state index contributed by atoms with van der Waals surface area (Å²) in [7, 11) is -0.731. The molecule has 2 aromatic carbocycles. The standard InChI is InChI=1S/C25H29N5O5S/c1-7-35-19-13-12-17(36(32,33)29-15-8-10-16(34-6)11-9-15)14-18(19)23-26-20-21(24(31)27-23)30(5)28-22(20)25(2,3)4/h8-14,29H,7H2,1-6H3,(H,26,27,31). The van der Waals surface area contributed by atoms with E-state index in [4.69, 9.17) is 14.5 Å². The van der Waals surface area contributed by atoms with Crippen molar-refractivity contribution in [3.63, 3.8) is 0 Å². The average molecular weight is 512 g/mol. The fourth-order valence-corrected chi connectivity index (χ4v) is 4.91. The Morgan fingerprint density at radius 1 is 1.11 bits per heavy atom. The van der Waals surface area contributed by atoms with Crippen molar-refractivity contribution in [3.8, 4) is 22.9 Å². The highest BCUT2D eigenvalue weighted by Crippen LogP contribution is 2.33. The Morgan fingerprint density at radius 2 is 1.81 bits per heavy atom. The Balaban J connectivity index is 1.85. The minimum absolute atomic E-state index is 0.0123. The molecule has 0 aliphatic heterocycles. The summed E-state index contributed by atoms with van der Waals surface area (Å²) in [5, 5.41) is 4.52. The van der Waals surface area contributed by atoms with Crippen LogP contribution in [0.4, 0.5) is 5.69 Å². The van der Waals surface area contributed by atoms with E-state index < -0.39 is 10.0 Å². The number of anilines is 1. The van der Waals surface area contributed by atoms with Gasteiger partial charge in [0.25, 0.3) is 15.6 Å². The van der Waals surface area contributed by atoms with Gasteiger partial charge in [-0.15, -0.1) is 0 Å². The van der Waals surface area contributed by atoms with Crippen LogP contribution in [0.15, 0.2) is 52.2 Å². The quantitative estimate of drug-likeness (QED) is 0.386. The lowest BCUT2D eigenvalue weighted by molar-refractivity contribution is 0.341. The Labute approximate surface area is 209 Å². The van der Waals surface area contributed by atoms with Crippen molar-refractivity contribution >= 4 is 26.7 Å². The van der Waals surface area contributed by atoms with E-state index in [0.717, 1.165) is 0 Å². The van der Waals surface area contributed by atoms with Gasteiger partial charge >= 0.3 is 0 Å². The van der Waals surface area contributed by atoms with Gasteiger partial charge in [-0.25, -0.2) is 13.4 Å². The van der Waals surface area contributed by atoms with Gasteiger partial charge in [-0.2, -0.15) is 5.10 Å². The third-order valence-corrected chi connectivity index (χ3v) is 6.94. The predicted molar refractivity (Wildman–Crippen MR) is 138 cm³/mol. The summed E-state index contributed by atoms with van der Waals surface area (Å²) in [6.07, 6.45) is 0. The van der Waals surface area contributed by atoms with Crippen LogP contribution in [0.2, 0.25) is 0 Å². The van der Waals surface area contributed by atoms with E-state index in [9.17, 15) is 13.2 Å². The van der Waals surface area contributed by atoms with Gasteiger partial charge in [0.2, 0.25) is 0 Å². The molecule has 0 bridgehead atoms. The molecule has 2 aromatic heterocycles. The number of methoxy groups -OCH3 is 1. The number of benzene rings is 2. The van der Waals surface area contributed by atoms with Gasteiger partial charge in [-0.1, -0.05) is 20.8 Å². The summed E-state index contributed by atoms with van der Waals surface area (Å²) in [4.78, 5) is 20.5. The zero-order valence-corrected chi connectivity index (χ0v) is 21.9. The second-order valence-electron chi connectivity index (χ2n) is 9.26. The van der Waals surface area contributed by atoms with Crippen LogP contribution in [0.5, 0.6) is 11.5 Å². The maximum Gasteiger partial charge on any atom is 0.277 e. The molecule has 0 unspecified atom stereocenters. The number of hydrogen-bond donors (Lipinski definition) is 2. The Bertz CT molecular complexity index is 1580. The number of aromatic amines is 1. The van der Waals surface area contributed by atoms with Gasteiger partial charge in [0.05, 0.1) is 29.9 Å². The number of nitrogens with one attached hydrogen (secondary N) is 2. The second kappa shape index (κ2) is 9.30. The summed E-state index contributed by atoms with van der Waals surface area (Å²) < 4.78 is 41.3. The monoisotopic (exact) mass is 511 g/mol. The predicted octanol–water partition coefficient (Wildman–Crippen LogP) is 3.83. The number of aryl methyl sites for hydroxylation is 1. The van der Waals surface area contributed by atoms with Crippen LogP contribution >= 0.6 is 0 Å². The number of aromatic nitrogens is 4. The van der Waals surface area contributed by atoms with Gasteiger partial charge < -0.3 is 14.5 Å². The van der Waals surface area contributed by atoms with E-state index in [-0.39, 0.29) is 21.7 Å². The minimum Gasteiger partial charge on any atom is -0.497 e. The maximum absolute atomic E-state index is 13.2. The van der Waals surface area contributed by atoms with Crippen molar-refractivity contribution in [2.24, 2.45) is 7.05 Å². The molecule has 36 heavy (non-hydrogen) atoms. The molecule has 0 fully saturated rings.